The molecule has 0 spiro atoms. The van der Waals surface area contributed by atoms with Crippen LogP contribution in [0.1, 0.15) is 15.9 Å². The van der Waals surface area contributed by atoms with E-state index in [9.17, 15) is 18.0 Å². The van der Waals surface area contributed by atoms with Crippen LogP contribution in [0, 0.1) is 6.92 Å². The van der Waals surface area contributed by atoms with Crippen LogP contribution < -0.4 is 20.3 Å². The Morgan fingerprint density at radius 2 is 1.69 bits per heavy atom. The third-order valence-corrected chi connectivity index (χ3v) is 5.50. The van der Waals surface area contributed by atoms with Crippen LogP contribution in [-0.2, 0) is 4.74 Å². The largest absolute Gasteiger partial charge is 0.496 e. The summed E-state index contributed by atoms with van der Waals surface area (Å²) in [4.78, 5) is 15.2. The Balaban J connectivity index is 0.000000795. The highest BCUT2D eigenvalue weighted by atomic mass is 32.1. The van der Waals surface area contributed by atoms with Gasteiger partial charge in [0.25, 0.3) is 5.91 Å². The van der Waals surface area contributed by atoms with E-state index >= 15 is 0 Å². The van der Waals surface area contributed by atoms with Gasteiger partial charge in [-0.2, -0.15) is 13.2 Å². The van der Waals surface area contributed by atoms with Crippen LogP contribution in [0.5, 0.6) is 5.75 Å². The lowest BCUT2D eigenvalue weighted by Gasteiger charge is -2.31. The number of benzene rings is 3. The van der Waals surface area contributed by atoms with Gasteiger partial charge in [0.2, 0.25) is 0 Å². The number of alkyl halides is 3. The van der Waals surface area contributed by atoms with E-state index in [0.717, 1.165) is 40.8 Å². The molecule has 0 saturated carbocycles. The predicted octanol–water partition coefficient (Wildman–Crippen LogP) is 5.30. The fourth-order valence-corrected chi connectivity index (χ4v) is 3.92. The second-order valence-electron chi connectivity index (χ2n) is 7.68. The highest BCUT2D eigenvalue weighted by molar-refractivity contribution is 7.80. The molecule has 1 heterocycles. The highest BCUT2D eigenvalue weighted by Gasteiger charge is 2.18. The molecule has 2 N–H and O–H groups in total. The summed E-state index contributed by atoms with van der Waals surface area (Å²) in [7, 11) is 1.55. The monoisotopic (exact) mass is 505 g/mol. The topological polar surface area (TPSA) is 62.8 Å². The molecule has 1 aliphatic rings. The highest BCUT2D eigenvalue weighted by Crippen LogP contribution is 2.29. The molecule has 35 heavy (non-hydrogen) atoms. The van der Waals surface area contributed by atoms with Crippen LogP contribution in [-0.4, -0.2) is 51.1 Å². The van der Waals surface area contributed by atoms with Crippen molar-refractivity contribution in [3.05, 3.63) is 65.7 Å². The number of nitrogens with one attached hydrogen (secondary N) is 2. The van der Waals surface area contributed by atoms with Gasteiger partial charge < -0.3 is 19.7 Å². The van der Waals surface area contributed by atoms with E-state index in [0.29, 0.717) is 24.5 Å². The first-order valence-electron chi connectivity index (χ1n) is 10.8. The minimum atomic E-state index is -3.67. The fraction of sp³-hybridized carbons (Fsp3) is 0.280. The second kappa shape index (κ2) is 12.4. The second-order valence-corrected chi connectivity index (χ2v) is 8.08. The zero-order chi connectivity index (χ0) is 25.4. The molecule has 1 amide bonds. The van der Waals surface area contributed by atoms with E-state index < -0.39 is 6.68 Å². The summed E-state index contributed by atoms with van der Waals surface area (Å²) in [5, 5.41) is 8.19. The molecule has 10 heteroatoms. The molecule has 1 aliphatic heterocycles. The molecule has 0 radical (unpaired) electrons. The molecule has 0 unspecified atom stereocenters. The van der Waals surface area contributed by atoms with E-state index in [4.69, 9.17) is 21.7 Å². The zero-order valence-electron chi connectivity index (χ0n) is 19.3. The Bertz CT molecular complexity index is 1180. The quantitative estimate of drug-likeness (QED) is 0.470. The Labute approximate surface area is 207 Å². The summed E-state index contributed by atoms with van der Waals surface area (Å²) in [5.41, 5.74) is 3.43. The van der Waals surface area contributed by atoms with Gasteiger partial charge in [-0.1, -0.05) is 30.3 Å². The van der Waals surface area contributed by atoms with E-state index in [2.05, 4.69) is 27.7 Å². The van der Waals surface area contributed by atoms with Gasteiger partial charge in [-0.15, -0.1) is 0 Å². The van der Waals surface area contributed by atoms with Crippen LogP contribution >= 0.6 is 12.2 Å². The number of methoxy groups -OCH3 is 1. The van der Waals surface area contributed by atoms with Gasteiger partial charge in [-0.25, -0.2) is 0 Å². The van der Waals surface area contributed by atoms with E-state index in [1.54, 1.807) is 7.11 Å². The van der Waals surface area contributed by atoms with Crippen molar-refractivity contribution in [2.75, 3.05) is 43.6 Å². The first-order valence-corrected chi connectivity index (χ1v) is 11.2. The van der Waals surface area contributed by atoms with Gasteiger partial charge in [0.15, 0.2) is 5.11 Å². The number of hydrogen-bond acceptors (Lipinski definition) is 5. The Morgan fingerprint density at radius 3 is 2.31 bits per heavy atom. The van der Waals surface area contributed by atoms with Gasteiger partial charge in [0.1, 0.15) is 5.75 Å². The van der Waals surface area contributed by atoms with Crippen molar-refractivity contribution in [2.24, 2.45) is 0 Å². The number of ether oxygens (including phenoxy) is 2. The number of rotatable bonds is 4. The summed E-state index contributed by atoms with van der Waals surface area (Å²) in [5.74, 6) is 0.184. The van der Waals surface area contributed by atoms with Gasteiger partial charge in [0.05, 0.1) is 37.3 Å². The van der Waals surface area contributed by atoms with Crippen molar-refractivity contribution in [1.29, 1.82) is 0 Å². The van der Waals surface area contributed by atoms with Gasteiger partial charge >= 0.3 is 6.68 Å². The molecule has 1 fully saturated rings. The molecule has 0 atom stereocenters. The molecular weight excluding hydrogens is 479 g/mol. The molecule has 0 aromatic heterocycles. The maximum atomic E-state index is 13.0. The average Bonchev–Trinajstić information content (AvgIpc) is 2.83. The number of halogens is 3. The number of nitrogens with zero attached hydrogens (tertiary/aromatic N) is 1. The van der Waals surface area contributed by atoms with Crippen molar-refractivity contribution in [1.82, 2.24) is 5.32 Å². The standard InChI is InChI=1S/C24H25N3O3S.CHF3/c1-16-7-8-21(27-9-11-30-12-10-27)20(13-16)25-24(31)26-23(28)19-14-17-5-3-4-6-18(17)15-22(19)29-2;2-1(3)4/h3-8,13-15H,9-12H2,1-2H3,(H2,25,26,28,31);1H. The summed E-state index contributed by atoms with van der Waals surface area (Å²) in [6, 6.07) is 17.7. The van der Waals surface area contributed by atoms with E-state index in [1.807, 2.05) is 49.4 Å². The number of hydrogen-bond donors (Lipinski definition) is 2. The van der Waals surface area contributed by atoms with Crippen molar-refractivity contribution in [3.63, 3.8) is 0 Å². The molecule has 186 valence electrons. The summed E-state index contributed by atoms with van der Waals surface area (Å²) in [6.45, 7) is 1.36. The van der Waals surface area contributed by atoms with E-state index in [-0.39, 0.29) is 11.0 Å². The predicted molar refractivity (Wildman–Crippen MR) is 136 cm³/mol. The number of aryl methyl sites for hydroxylation is 1. The van der Waals surface area contributed by atoms with Crippen LogP contribution in [0.3, 0.4) is 0 Å². The maximum absolute atomic E-state index is 13.0. The van der Waals surface area contributed by atoms with Crippen molar-refractivity contribution < 1.29 is 27.4 Å². The van der Waals surface area contributed by atoms with Crippen LogP contribution in [0.2, 0.25) is 0 Å². The molecule has 6 nitrogen and oxygen atoms in total. The number of carbonyl (C=O) groups excluding carboxylic acids is 1. The number of thiocarbonyl (C=S) groups is 1. The first-order chi connectivity index (χ1) is 16.8. The Kier molecular flexibility index (Phi) is 9.27. The molecule has 0 bridgehead atoms. The third-order valence-electron chi connectivity index (χ3n) is 5.29. The van der Waals surface area contributed by atoms with Crippen molar-refractivity contribution >= 4 is 45.4 Å². The van der Waals surface area contributed by atoms with Crippen molar-refractivity contribution in [3.8, 4) is 5.75 Å². The van der Waals surface area contributed by atoms with Crippen molar-refractivity contribution in [2.45, 2.75) is 13.6 Å². The normalized spacial score (nSPS) is 13.1. The molecule has 1 saturated heterocycles. The molecule has 3 aromatic rings. The summed E-state index contributed by atoms with van der Waals surface area (Å²) in [6.07, 6.45) is 0. The van der Waals surface area contributed by atoms with Crippen LogP contribution in [0.25, 0.3) is 10.8 Å². The lowest BCUT2D eigenvalue weighted by Crippen LogP contribution is -2.38. The third kappa shape index (κ3) is 7.30. The average molecular weight is 506 g/mol. The lowest BCUT2D eigenvalue weighted by atomic mass is 10.1. The van der Waals surface area contributed by atoms with E-state index in [1.165, 1.54) is 0 Å². The number of fused-ring (bicyclic) bond motifs is 1. The number of anilines is 2. The number of morpholine rings is 1. The smallest absolute Gasteiger partial charge is 0.379 e. The van der Waals surface area contributed by atoms with Crippen LogP contribution in [0.15, 0.2) is 54.6 Å². The minimum absolute atomic E-state index is 0.236. The first kappa shape index (κ1) is 26.2. The van der Waals surface area contributed by atoms with Gasteiger partial charge in [-0.3, -0.25) is 10.1 Å². The molecule has 4 rings (SSSR count). The van der Waals surface area contributed by atoms with Gasteiger partial charge in [-0.05, 0) is 59.7 Å². The summed E-state index contributed by atoms with van der Waals surface area (Å²) < 4.78 is 39.9. The Morgan fingerprint density at radius 1 is 1.06 bits per heavy atom. The zero-order valence-corrected chi connectivity index (χ0v) is 20.1. The maximum Gasteiger partial charge on any atom is 0.379 e. The fourth-order valence-electron chi connectivity index (χ4n) is 3.72. The number of amides is 1. The number of carbonyl (C=O) groups is 1. The SMILES string of the molecule is COc1cc2ccccc2cc1C(=O)NC(=S)Nc1cc(C)ccc1N1CCOCC1.FC(F)F. The molecular formula is C25H26F3N3O3S. The van der Waals surface area contributed by atoms with Crippen LogP contribution in [0.4, 0.5) is 24.5 Å². The molecule has 0 aliphatic carbocycles. The summed E-state index contributed by atoms with van der Waals surface area (Å²) >= 11 is 5.46. The van der Waals surface area contributed by atoms with Gasteiger partial charge in [0, 0.05) is 13.1 Å². The lowest BCUT2D eigenvalue weighted by molar-refractivity contribution is 0.00818. The molecule has 3 aromatic carbocycles. The minimum Gasteiger partial charge on any atom is -0.496 e. The Hall–Kier alpha value is -3.37.